The molecule has 2 N–H and O–H groups in total. The number of aromatic nitrogens is 2. The molecule has 0 saturated heterocycles. The van der Waals surface area contributed by atoms with E-state index in [0.717, 1.165) is 16.8 Å². The summed E-state index contributed by atoms with van der Waals surface area (Å²) in [6.45, 7) is 1.85. The Hall–Kier alpha value is -2.81. The maximum absolute atomic E-state index is 8.81. The van der Waals surface area contributed by atoms with Gasteiger partial charge in [-0.25, -0.2) is 9.66 Å². The van der Waals surface area contributed by atoms with Gasteiger partial charge in [-0.2, -0.15) is 10.4 Å². The number of hydrogen-bond donors (Lipinski definition) is 1. The van der Waals surface area contributed by atoms with E-state index in [9.17, 15) is 0 Å². The van der Waals surface area contributed by atoms with Gasteiger partial charge in [0.05, 0.1) is 37.7 Å². The Kier molecular flexibility index (Phi) is 4.01. The molecule has 6 heteroatoms. The lowest BCUT2D eigenvalue weighted by atomic mass is 10.1. The Morgan fingerprint density at radius 3 is 2.95 bits per heavy atom. The van der Waals surface area contributed by atoms with Crippen LogP contribution < -0.4 is 10.5 Å². The molecule has 0 bridgehead atoms. The van der Waals surface area contributed by atoms with Gasteiger partial charge in [0.1, 0.15) is 5.75 Å². The van der Waals surface area contributed by atoms with Gasteiger partial charge in [0.2, 0.25) is 5.95 Å². The van der Waals surface area contributed by atoms with E-state index in [0.29, 0.717) is 11.7 Å². The Balaban J connectivity index is 2.28. The summed E-state index contributed by atoms with van der Waals surface area (Å²) in [5.74, 6) is 1.03. The lowest BCUT2D eigenvalue weighted by Gasteiger charge is -2.06. The van der Waals surface area contributed by atoms with Crippen molar-refractivity contribution in [1.29, 1.82) is 5.26 Å². The number of imidazole rings is 1. The monoisotopic (exact) mass is 269 g/mol. The van der Waals surface area contributed by atoms with Crippen LogP contribution in [0.4, 0.5) is 5.95 Å². The van der Waals surface area contributed by atoms with Crippen molar-refractivity contribution in [3.63, 3.8) is 0 Å². The van der Waals surface area contributed by atoms with Gasteiger partial charge in [0.25, 0.3) is 0 Å². The molecule has 6 nitrogen and oxygen atoms in total. The molecule has 0 fully saturated rings. The summed E-state index contributed by atoms with van der Waals surface area (Å²) in [6, 6.07) is 7.66. The summed E-state index contributed by atoms with van der Waals surface area (Å²) in [6.07, 6.45) is 3.69. The fraction of sp³-hybridized carbons (Fsp3) is 0.214. The molecule has 1 aromatic heterocycles. The number of nitrogens with two attached hydrogens (primary N) is 1. The van der Waals surface area contributed by atoms with Gasteiger partial charge in [0.15, 0.2) is 0 Å². The van der Waals surface area contributed by atoms with Crippen LogP contribution in [0.5, 0.6) is 5.75 Å². The van der Waals surface area contributed by atoms with Crippen molar-refractivity contribution in [1.82, 2.24) is 9.66 Å². The first-order valence-electron chi connectivity index (χ1n) is 6.03. The molecule has 0 saturated carbocycles. The number of nitriles is 1. The van der Waals surface area contributed by atoms with Crippen LogP contribution in [0.2, 0.25) is 0 Å². The summed E-state index contributed by atoms with van der Waals surface area (Å²) in [4.78, 5) is 4.06. The number of aryl methyl sites for hydroxylation is 1. The standard InChI is InChI=1S/C14H15N5O/c1-10-9-19(14(16)18-10)17-8-11-3-4-13(20-2)12(7-11)5-6-15/h3-4,7-9H,5H2,1-2H3,(H2,16,18). The Morgan fingerprint density at radius 1 is 1.55 bits per heavy atom. The van der Waals surface area contributed by atoms with Crippen LogP contribution in [0.15, 0.2) is 29.5 Å². The molecule has 0 radical (unpaired) electrons. The molecule has 1 heterocycles. The molecule has 0 aliphatic heterocycles. The smallest absolute Gasteiger partial charge is 0.221 e. The maximum atomic E-state index is 8.81. The fourth-order valence-electron chi connectivity index (χ4n) is 1.83. The zero-order chi connectivity index (χ0) is 14.5. The molecule has 2 rings (SSSR count). The van der Waals surface area contributed by atoms with Gasteiger partial charge in [-0.15, -0.1) is 0 Å². The number of ether oxygens (including phenoxy) is 1. The first-order chi connectivity index (χ1) is 9.63. The van der Waals surface area contributed by atoms with E-state index in [1.165, 1.54) is 4.68 Å². The van der Waals surface area contributed by atoms with Crippen molar-refractivity contribution in [3.05, 3.63) is 41.2 Å². The van der Waals surface area contributed by atoms with Crippen molar-refractivity contribution in [2.75, 3.05) is 12.8 Å². The van der Waals surface area contributed by atoms with Crippen molar-refractivity contribution >= 4 is 12.2 Å². The molecule has 102 valence electrons. The highest BCUT2D eigenvalue weighted by atomic mass is 16.5. The number of hydrogen-bond acceptors (Lipinski definition) is 5. The molecule has 0 aliphatic rings. The van der Waals surface area contributed by atoms with E-state index in [1.54, 1.807) is 19.5 Å². The number of nitrogens with zero attached hydrogens (tertiary/aromatic N) is 4. The minimum absolute atomic E-state index is 0.289. The van der Waals surface area contributed by atoms with Gasteiger partial charge in [-0.05, 0) is 30.7 Å². The fourth-order valence-corrected chi connectivity index (χ4v) is 1.83. The van der Waals surface area contributed by atoms with Crippen molar-refractivity contribution in [2.45, 2.75) is 13.3 Å². The number of rotatable bonds is 4. The van der Waals surface area contributed by atoms with Crippen LogP contribution in [0.1, 0.15) is 16.8 Å². The van der Waals surface area contributed by atoms with Gasteiger partial charge in [-0.1, -0.05) is 0 Å². The third-order valence-electron chi connectivity index (χ3n) is 2.74. The SMILES string of the molecule is COc1ccc(C=Nn2cc(C)nc2N)cc1CC#N. The average molecular weight is 269 g/mol. The topological polar surface area (TPSA) is 89.2 Å². The van der Waals surface area contributed by atoms with Crippen molar-refractivity contribution in [2.24, 2.45) is 5.10 Å². The highest BCUT2D eigenvalue weighted by Crippen LogP contribution is 2.19. The molecule has 20 heavy (non-hydrogen) atoms. The summed E-state index contributed by atoms with van der Waals surface area (Å²) in [5, 5.41) is 13.0. The van der Waals surface area contributed by atoms with Gasteiger partial charge >= 0.3 is 0 Å². The summed E-state index contributed by atoms with van der Waals surface area (Å²) in [5.41, 5.74) is 8.20. The van der Waals surface area contributed by atoms with Gasteiger partial charge < -0.3 is 10.5 Å². The van der Waals surface area contributed by atoms with Gasteiger partial charge in [-0.3, -0.25) is 0 Å². The van der Waals surface area contributed by atoms with E-state index in [2.05, 4.69) is 16.2 Å². The Morgan fingerprint density at radius 2 is 2.35 bits per heavy atom. The minimum atomic E-state index is 0.289. The van der Waals surface area contributed by atoms with Gasteiger partial charge in [0, 0.05) is 5.56 Å². The molecule has 0 atom stereocenters. The lowest BCUT2D eigenvalue weighted by Crippen LogP contribution is -1.98. The Bertz CT molecular complexity index is 681. The second-order valence-electron chi connectivity index (χ2n) is 4.24. The first kappa shape index (κ1) is 13.6. The van der Waals surface area contributed by atoms with E-state index >= 15 is 0 Å². The molecule has 0 spiro atoms. The first-order valence-corrected chi connectivity index (χ1v) is 6.03. The molecule has 0 unspecified atom stereocenters. The maximum Gasteiger partial charge on any atom is 0.221 e. The number of nitrogen functional groups attached to an aromatic ring is 1. The van der Waals surface area contributed by atoms with Crippen LogP contribution in [0.3, 0.4) is 0 Å². The summed E-state index contributed by atoms with van der Waals surface area (Å²) < 4.78 is 6.71. The normalized spacial score (nSPS) is 10.7. The number of methoxy groups -OCH3 is 1. The Labute approximate surface area is 117 Å². The van der Waals surface area contributed by atoms with Crippen LogP contribution in [0, 0.1) is 18.3 Å². The van der Waals surface area contributed by atoms with E-state index in [4.69, 9.17) is 15.7 Å². The lowest BCUT2D eigenvalue weighted by molar-refractivity contribution is 0.411. The van der Waals surface area contributed by atoms with E-state index in [-0.39, 0.29) is 6.42 Å². The highest BCUT2D eigenvalue weighted by Gasteiger charge is 2.03. The molecule has 1 aromatic carbocycles. The third kappa shape index (κ3) is 2.95. The second-order valence-corrected chi connectivity index (χ2v) is 4.24. The van der Waals surface area contributed by atoms with Crippen LogP contribution in [-0.4, -0.2) is 23.0 Å². The largest absolute Gasteiger partial charge is 0.496 e. The van der Waals surface area contributed by atoms with E-state index in [1.807, 2.05) is 25.1 Å². The predicted molar refractivity (Wildman–Crippen MR) is 76.7 cm³/mol. The third-order valence-corrected chi connectivity index (χ3v) is 2.74. The zero-order valence-electron chi connectivity index (χ0n) is 11.4. The summed E-state index contributed by atoms with van der Waals surface area (Å²) >= 11 is 0. The molecular formula is C14H15N5O. The van der Waals surface area contributed by atoms with Crippen LogP contribution in [0.25, 0.3) is 0 Å². The average Bonchev–Trinajstić information content (AvgIpc) is 2.75. The number of benzene rings is 1. The van der Waals surface area contributed by atoms with Crippen LogP contribution in [-0.2, 0) is 6.42 Å². The second kappa shape index (κ2) is 5.89. The van der Waals surface area contributed by atoms with Crippen LogP contribution >= 0.6 is 0 Å². The molecular weight excluding hydrogens is 254 g/mol. The number of anilines is 1. The zero-order valence-corrected chi connectivity index (χ0v) is 11.4. The quantitative estimate of drug-likeness (QED) is 0.856. The molecule has 2 aromatic rings. The molecule has 0 aliphatic carbocycles. The highest BCUT2D eigenvalue weighted by molar-refractivity contribution is 5.80. The summed E-state index contributed by atoms with van der Waals surface area (Å²) in [7, 11) is 1.58. The van der Waals surface area contributed by atoms with Crippen molar-refractivity contribution in [3.8, 4) is 11.8 Å². The van der Waals surface area contributed by atoms with E-state index < -0.39 is 0 Å². The molecule has 0 amide bonds. The van der Waals surface area contributed by atoms with Crippen molar-refractivity contribution < 1.29 is 4.74 Å². The predicted octanol–water partition coefficient (Wildman–Crippen LogP) is 1.73. The minimum Gasteiger partial charge on any atom is -0.496 e.